The second-order valence-corrected chi connectivity index (χ2v) is 8.08. The van der Waals surface area contributed by atoms with Crippen molar-refractivity contribution in [2.75, 3.05) is 7.11 Å². The molecule has 0 unspecified atom stereocenters. The van der Waals surface area contributed by atoms with Gasteiger partial charge in [-0.1, -0.05) is 0 Å². The number of carbonyl (C=O) groups excluding carboxylic acids is 2. The van der Waals surface area contributed by atoms with Gasteiger partial charge in [0.1, 0.15) is 11.9 Å². The van der Waals surface area contributed by atoms with Crippen molar-refractivity contribution >= 4 is 11.9 Å². The van der Waals surface area contributed by atoms with Gasteiger partial charge in [0.15, 0.2) is 0 Å². The first-order valence-electron chi connectivity index (χ1n) is 10.4. The van der Waals surface area contributed by atoms with Gasteiger partial charge in [0.2, 0.25) is 0 Å². The summed E-state index contributed by atoms with van der Waals surface area (Å²) in [6, 6.07) is 7.63. The van der Waals surface area contributed by atoms with E-state index in [2.05, 4.69) is 5.32 Å². The average molecular weight is 389 g/mol. The maximum absolute atomic E-state index is 12.5. The lowest BCUT2D eigenvalue weighted by atomic mass is 9.83. The summed E-state index contributed by atoms with van der Waals surface area (Å²) in [5.41, 5.74) is 6.70. The Hall–Kier alpha value is -2.08. The maximum Gasteiger partial charge on any atom is 0.305 e. The van der Waals surface area contributed by atoms with Gasteiger partial charge < -0.3 is 20.5 Å². The molecular formula is C22H32N2O4. The molecule has 0 heterocycles. The van der Waals surface area contributed by atoms with E-state index in [4.69, 9.17) is 15.2 Å². The van der Waals surface area contributed by atoms with Crippen LogP contribution in [0.4, 0.5) is 0 Å². The fraction of sp³-hybridized carbons (Fsp3) is 0.636. The third kappa shape index (κ3) is 5.71. The highest BCUT2D eigenvalue weighted by atomic mass is 16.5. The molecule has 0 spiro atoms. The van der Waals surface area contributed by atoms with E-state index in [1.165, 1.54) is 7.11 Å². The summed E-state index contributed by atoms with van der Waals surface area (Å²) < 4.78 is 10.6. The molecule has 1 amide bonds. The topological polar surface area (TPSA) is 90.6 Å². The molecule has 2 saturated carbocycles. The van der Waals surface area contributed by atoms with Crippen molar-refractivity contribution in [2.45, 2.75) is 76.0 Å². The van der Waals surface area contributed by atoms with E-state index < -0.39 is 0 Å². The first kappa shape index (κ1) is 20.6. The normalized spacial score (nSPS) is 27.2. The van der Waals surface area contributed by atoms with Crippen LogP contribution in [0.15, 0.2) is 24.3 Å². The van der Waals surface area contributed by atoms with Gasteiger partial charge in [-0.25, -0.2) is 0 Å². The largest absolute Gasteiger partial charge is 0.489 e. The van der Waals surface area contributed by atoms with Gasteiger partial charge in [0.05, 0.1) is 7.11 Å². The van der Waals surface area contributed by atoms with E-state index >= 15 is 0 Å². The minimum absolute atomic E-state index is 0.0397. The van der Waals surface area contributed by atoms with E-state index in [1.54, 1.807) is 0 Å². The van der Waals surface area contributed by atoms with Crippen LogP contribution in [0.1, 0.15) is 68.1 Å². The molecule has 28 heavy (non-hydrogen) atoms. The summed E-state index contributed by atoms with van der Waals surface area (Å²) in [4.78, 5) is 23.8. The molecule has 1 aromatic carbocycles. The molecule has 0 bridgehead atoms. The Morgan fingerprint density at radius 1 is 1.07 bits per heavy atom. The number of esters is 1. The predicted octanol–water partition coefficient (Wildman–Crippen LogP) is 3.19. The number of methoxy groups -OCH3 is 1. The molecule has 1 aromatic rings. The molecule has 6 nitrogen and oxygen atoms in total. The van der Waals surface area contributed by atoms with Crippen LogP contribution >= 0.6 is 0 Å². The molecule has 6 heteroatoms. The van der Waals surface area contributed by atoms with Crippen molar-refractivity contribution in [1.82, 2.24) is 5.32 Å². The molecule has 0 radical (unpaired) electrons. The van der Waals surface area contributed by atoms with Crippen LogP contribution in [-0.4, -0.2) is 37.2 Å². The number of nitrogens with one attached hydrogen (secondary N) is 1. The standard InChI is InChI=1S/C22H32N2O4/c1-27-21(25)14-7-15-5-10-17(11-6-15)24-22(26)16-8-12-18(13-9-16)28-20-4-2-3-19(20)23/h8-9,12-13,15,17,19-20H,2-7,10-11,14,23H2,1H3,(H,24,26)/t15-,17-,19-,20+/m1/s1. The molecule has 2 fully saturated rings. The zero-order valence-electron chi connectivity index (χ0n) is 16.7. The molecule has 154 valence electrons. The summed E-state index contributed by atoms with van der Waals surface area (Å²) in [6.45, 7) is 0. The second kappa shape index (κ2) is 9.92. The number of carbonyl (C=O) groups is 2. The number of nitrogens with two attached hydrogens (primary N) is 1. The molecule has 2 atom stereocenters. The number of benzene rings is 1. The van der Waals surface area contributed by atoms with Crippen molar-refractivity contribution in [3.05, 3.63) is 29.8 Å². The number of hydrogen-bond acceptors (Lipinski definition) is 5. The number of ether oxygens (including phenoxy) is 2. The lowest BCUT2D eigenvalue weighted by molar-refractivity contribution is -0.141. The minimum Gasteiger partial charge on any atom is -0.489 e. The summed E-state index contributed by atoms with van der Waals surface area (Å²) in [6.07, 6.45) is 8.54. The van der Waals surface area contributed by atoms with E-state index in [9.17, 15) is 9.59 Å². The number of amides is 1. The molecule has 0 aliphatic heterocycles. The lowest BCUT2D eigenvalue weighted by Crippen LogP contribution is -2.37. The second-order valence-electron chi connectivity index (χ2n) is 8.08. The van der Waals surface area contributed by atoms with Crippen molar-refractivity contribution < 1.29 is 19.1 Å². The van der Waals surface area contributed by atoms with Crippen molar-refractivity contribution in [3.8, 4) is 5.75 Å². The quantitative estimate of drug-likeness (QED) is 0.700. The molecule has 0 saturated heterocycles. The van der Waals surface area contributed by atoms with Crippen LogP contribution in [-0.2, 0) is 9.53 Å². The van der Waals surface area contributed by atoms with Gasteiger partial charge in [-0.3, -0.25) is 9.59 Å². The Balaban J connectivity index is 1.42. The number of rotatable bonds is 7. The third-order valence-electron chi connectivity index (χ3n) is 6.07. The Labute approximate surface area is 167 Å². The van der Waals surface area contributed by atoms with Gasteiger partial charge in [0.25, 0.3) is 5.91 Å². The van der Waals surface area contributed by atoms with E-state index in [0.717, 1.165) is 57.1 Å². The van der Waals surface area contributed by atoms with E-state index in [-0.39, 0.29) is 30.1 Å². The fourth-order valence-electron chi connectivity index (χ4n) is 4.25. The SMILES string of the molecule is COC(=O)CC[C@H]1CC[C@H](NC(=O)c2ccc(O[C@H]3CCC[C@H]3N)cc2)CC1. The highest BCUT2D eigenvalue weighted by Gasteiger charge is 2.26. The molecular weight excluding hydrogens is 356 g/mol. The maximum atomic E-state index is 12.5. The van der Waals surface area contributed by atoms with Crippen molar-refractivity contribution in [1.29, 1.82) is 0 Å². The average Bonchev–Trinajstić information content (AvgIpc) is 3.12. The smallest absolute Gasteiger partial charge is 0.305 e. The molecule has 0 aromatic heterocycles. The van der Waals surface area contributed by atoms with Crippen LogP contribution in [0.25, 0.3) is 0 Å². The molecule has 2 aliphatic rings. The van der Waals surface area contributed by atoms with E-state index in [0.29, 0.717) is 17.9 Å². The van der Waals surface area contributed by atoms with Gasteiger partial charge >= 0.3 is 5.97 Å². The van der Waals surface area contributed by atoms with Crippen LogP contribution in [0, 0.1) is 5.92 Å². The first-order valence-corrected chi connectivity index (χ1v) is 10.4. The van der Waals surface area contributed by atoms with Gasteiger partial charge in [-0.2, -0.15) is 0 Å². The number of hydrogen-bond donors (Lipinski definition) is 2. The molecule has 3 N–H and O–H groups in total. The van der Waals surface area contributed by atoms with Gasteiger partial charge in [0, 0.05) is 24.1 Å². The summed E-state index contributed by atoms with van der Waals surface area (Å²) in [5, 5.41) is 3.14. The zero-order valence-corrected chi connectivity index (χ0v) is 16.7. The van der Waals surface area contributed by atoms with Crippen molar-refractivity contribution in [2.24, 2.45) is 11.7 Å². The highest BCUT2D eigenvalue weighted by molar-refractivity contribution is 5.94. The monoisotopic (exact) mass is 388 g/mol. The summed E-state index contributed by atoms with van der Waals surface area (Å²) in [7, 11) is 1.43. The molecule has 2 aliphatic carbocycles. The Kier molecular flexibility index (Phi) is 7.31. The third-order valence-corrected chi connectivity index (χ3v) is 6.07. The summed E-state index contributed by atoms with van der Waals surface area (Å²) in [5.74, 6) is 1.13. The first-order chi connectivity index (χ1) is 13.5. The van der Waals surface area contributed by atoms with Gasteiger partial charge in [-0.15, -0.1) is 0 Å². The fourth-order valence-corrected chi connectivity index (χ4v) is 4.25. The van der Waals surface area contributed by atoms with Crippen LogP contribution < -0.4 is 15.8 Å². The van der Waals surface area contributed by atoms with E-state index in [1.807, 2.05) is 24.3 Å². The van der Waals surface area contributed by atoms with Crippen LogP contribution in [0.2, 0.25) is 0 Å². The molecule has 3 rings (SSSR count). The predicted molar refractivity (Wildman–Crippen MR) is 107 cm³/mol. The van der Waals surface area contributed by atoms with Crippen molar-refractivity contribution in [3.63, 3.8) is 0 Å². The Morgan fingerprint density at radius 2 is 1.79 bits per heavy atom. The lowest BCUT2D eigenvalue weighted by Gasteiger charge is -2.29. The van der Waals surface area contributed by atoms with Crippen LogP contribution in [0.5, 0.6) is 5.75 Å². The highest BCUT2D eigenvalue weighted by Crippen LogP contribution is 2.28. The summed E-state index contributed by atoms with van der Waals surface area (Å²) >= 11 is 0. The van der Waals surface area contributed by atoms with Crippen LogP contribution in [0.3, 0.4) is 0 Å². The van der Waals surface area contributed by atoms with Gasteiger partial charge in [-0.05, 0) is 81.5 Å². The zero-order chi connectivity index (χ0) is 19.9. The Bertz CT molecular complexity index is 653. The Morgan fingerprint density at radius 3 is 2.39 bits per heavy atom. The minimum atomic E-state index is -0.141.